The van der Waals surface area contributed by atoms with Gasteiger partial charge in [0.05, 0.1) is 0 Å². The summed E-state index contributed by atoms with van der Waals surface area (Å²) in [6, 6.07) is 11.6. The number of aromatic nitrogens is 1. The Morgan fingerprint density at radius 3 is 2.60 bits per heavy atom. The Hall–Kier alpha value is -2.05. The smallest absolute Gasteiger partial charge is 0.286 e. The van der Waals surface area contributed by atoms with E-state index in [1.165, 1.54) is 0 Å². The highest BCUT2D eigenvalue weighted by atomic mass is 35.5. The van der Waals surface area contributed by atoms with Crippen molar-refractivity contribution in [3.63, 3.8) is 0 Å². The van der Waals surface area contributed by atoms with E-state index >= 15 is 0 Å². The standard InChI is InChI=1S/C16H16ClN3/c1-10(2)7-11-8-13(14(9-18)16(19)20-11)12-5-3-4-6-15(12)17/h3-6,8,10H,7H2,1-2H3,(H2,19,20)/p+1. The molecule has 1 aromatic heterocycles. The Morgan fingerprint density at radius 1 is 1.30 bits per heavy atom. The summed E-state index contributed by atoms with van der Waals surface area (Å²) < 4.78 is 0. The lowest BCUT2D eigenvalue weighted by atomic mass is 9.98. The molecule has 0 spiro atoms. The number of hydrogen-bond donors (Lipinski definition) is 1. The number of nitrogens with one attached hydrogen (secondary N) is 1. The maximum Gasteiger partial charge on any atom is 0.289 e. The van der Waals surface area contributed by atoms with Crippen LogP contribution >= 0.6 is 11.6 Å². The van der Waals surface area contributed by atoms with Crippen molar-refractivity contribution in [3.8, 4) is 17.2 Å². The van der Waals surface area contributed by atoms with Crippen LogP contribution in [-0.2, 0) is 6.42 Å². The van der Waals surface area contributed by atoms with Crippen LogP contribution in [0.2, 0.25) is 5.02 Å². The number of rotatable bonds is 3. The van der Waals surface area contributed by atoms with Crippen LogP contribution in [0.3, 0.4) is 0 Å². The van der Waals surface area contributed by atoms with Gasteiger partial charge in [-0.05, 0) is 18.1 Å². The van der Waals surface area contributed by atoms with Gasteiger partial charge >= 0.3 is 0 Å². The van der Waals surface area contributed by atoms with Crippen LogP contribution < -0.4 is 10.7 Å². The van der Waals surface area contributed by atoms with E-state index < -0.39 is 0 Å². The first-order valence-electron chi connectivity index (χ1n) is 6.52. The molecule has 3 nitrogen and oxygen atoms in total. The predicted octanol–water partition coefficient (Wildman–Crippen LogP) is 3.47. The van der Waals surface area contributed by atoms with Gasteiger partial charge in [0, 0.05) is 22.6 Å². The summed E-state index contributed by atoms with van der Waals surface area (Å²) in [7, 11) is 0. The van der Waals surface area contributed by atoms with Crippen molar-refractivity contribution in [2.75, 3.05) is 5.73 Å². The third-order valence-electron chi connectivity index (χ3n) is 3.06. The van der Waals surface area contributed by atoms with E-state index in [0.717, 1.165) is 23.2 Å². The summed E-state index contributed by atoms with van der Waals surface area (Å²) in [5.74, 6) is 0.887. The molecule has 0 radical (unpaired) electrons. The Morgan fingerprint density at radius 2 is 2.00 bits per heavy atom. The van der Waals surface area contributed by atoms with Crippen molar-refractivity contribution in [1.82, 2.24) is 0 Å². The van der Waals surface area contributed by atoms with Crippen molar-refractivity contribution in [2.24, 2.45) is 5.92 Å². The van der Waals surface area contributed by atoms with Gasteiger partial charge in [0.2, 0.25) is 0 Å². The van der Waals surface area contributed by atoms with E-state index in [2.05, 4.69) is 24.9 Å². The largest absolute Gasteiger partial charge is 0.289 e. The second-order valence-corrected chi connectivity index (χ2v) is 5.59. The van der Waals surface area contributed by atoms with E-state index in [9.17, 15) is 5.26 Å². The van der Waals surface area contributed by atoms with E-state index in [0.29, 0.717) is 22.3 Å². The minimum atomic E-state index is 0.389. The van der Waals surface area contributed by atoms with Gasteiger partial charge < -0.3 is 0 Å². The van der Waals surface area contributed by atoms with Crippen molar-refractivity contribution >= 4 is 17.4 Å². The van der Waals surface area contributed by atoms with Gasteiger partial charge in [-0.1, -0.05) is 43.6 Å². The van der Waals surface area contributed by atoms with Gasteiger partial charge in [0.1, 0.15) is 17.3 Å². The molecule has 2 aromatic rings. The molecule has 102 valence electrons. The fourth-order valence-corrected chi connectivity index (χ4v) is 2.46. The molecule has 20 heavy (non-hydrogen) atoms. The highest BCUT2D eigenvalue weighted by Crippen LogP contribution is 2.31. The van der Waals surface area contributed by atoms with Crippen LogP contribution in [0.4, 0.5) is 5.82 Å². The topological polar surface area (TPSA) is 64.0 Å². The van der Waals surface area contributed by atoms with Gasteiger partial charge in [-0.3, -0.25) is 5.73 Å². The van der Waals surface area contributed by atoms with Gasteiger partial charge in [-0.2, -0.15) is 5.26 Å². The molecular formula is C16H17ClN3+. The Bertz CT molecular complexity index is 672. The molecule has 1 heterocycles. The zero-order chi connectivity index (χ0) is 14.7. The fraction of sp³-hybridized carbons (Fsp3) is 0.250. The summed E-state index contributed by atoms with van der Waals surface area (Å²) in [6.07, 6.45) is 0.868. The second kappa shape index (κ2) is 5.94. The van der Waals surface area contributed by atoms with Crippen LogP contribution in [-0.4, -0.2) is 0 Å². The summed E-state index contributed by atoms with van der Waals surface area (Å²) in [5, 5.41) is 9.95. The monoisotopic (exact) mass is 286 g/mol. The molecule has 0 aliphatic rings. The Balaban J connectivity index is 2.64. The van der Waals surface area contributed by atoms with Crippen LogP contribution in [0.15, 0.2) is 30.3 Å². The number of hydrogen-bond acceptors (Lipinski definition) is 2. The van der Waals surface area contributed by atoms with E-state index in [1.807, 2.05) is 30.3 Å². The minimum Gasteiger partial charge on any atom is -0.286 e. The molecule has 0 atom stereocenters. The molecule has 0 unspecified atom stereocenters. The number of H-pyrrole nitrogens is 1. The van der Waals surface area contributed by atoms with Crippen molar-refractivity contribution in [3.05, 3.63) is 46.6 Å². The molecule has 0 amide bonds. The zero-order valence-corrected chi connectivity index (χ0v) is 12.3. The first-order valence-corrected chi connectivity index (χ1v) is 6.90. The molecule has 1 aromatic carbocycles. The molecule has 0 bridgehead atoms. The predicted molar refractivity (Wildman–Crippen MR) is 81.1 cm³/mol. The van der Waals surface area contributed by atoms with Crippen LogP contribution in [0.25, 0.3) is 11.1 Å². The SMILES string of the molecule is CC(C)Cc1cc(-c2ccccc2Cl)c(C#N)c(N)[nH+]1. The van der Waals surface area contributed by atoms with Crippen molar-refractivity contribution < 1.29 is 4.98 Å². The number of aromatic amines is 1. The van der Waals surface area contributed by atoms with Gasteiger partial charge in [0.15, 0.2) is 0 Å². The van der Waals surface area contributed by atoms with Crippen molar-refractivity contribution in [2.45, 2.75) is 20.3 Å². The van der Waals surface area contributed by atoms with Crippen LogP contribution in [0, 0.1) is 17.2 Å². The molecule has 2 rings (SSSR count). The minimum absolute atomic E-state index is 0.389. The third-order valence-corrected chi connectivity index (χ3v) is 3.39. The lowest BCUT2D eigenvalue weighted by molar-refractivity contribution is -0.373. The molecule has 0 saturated heterocycles. The normalized spacial score (nSPS) is 10.6. The highest BCUT2D eigenvalue weighted by molar-refractivity contribution is 6.33. The lowest BCUT2D eigenvalue weighted by Crippen LogP contribution is -2.20. The quantitative estimate of drug-likeness (QED) is 0.939. The highest BCUT2D eigenvalue weighted by Gasteiger charge is 2.18. The Kier molecular flexibility index (Phi) is 4.26. The van der Waals surface area contributed by atoms with Gasteiger partial charge in [-0.25, -0.2) is 4.98 Å². The maximum absolute atomic E-state index is 9.33. The molecule has 4 heteroatoms. The molecule has 0 fully saturated rings. The molecule has 0 aliphatic heterocycles. The average Bonchev–Trinajstić information content (AvgIpc) is 2.38. The summed E-state index contributed by atoms with van der Waals surface area (Å²) >= 11 is 6.24. The second-order valence-electron chi connectivity index (χ2n) is 5.19. The number of pyridine rings is 1. The summed E-state index contributed by atoms with van der Waals surface area (Å²) in [4.78, 5) is 3.10. The number of nitrogens with two attached hydrogens (primary N) is 1. The molecule has 0 saturated carbocycles. The average molecular weight is 287 g/mol. The fourth-order valence-electron chi connectivity index (χ4n) is 2.23. The molecular weight excluding hydrogens is 270 g/mol. The number of anilines is 1. The maximum atomic E-state index is 9.33. The van der Waals surface area contributed by atoms with Gasteiger partial charge in [0.25, 0.3) is 5.82 Å². The number of benzene rings is 1. The Labute approximate surface area is 124 Å². The molecule has 0 aliphatic carbocycles. The summed E-state index contributed by atoms with van der Waals surface area (Å²) in [6.45, 7) is 4.27. The first-order chi connectivity index (χ1) is 9.52. The third kappa shape index (κ3) is 2.92. The molecule has 3 N–H and O–H groups in total. The first kappa shape index (κ1) is 14.4. The van der Waals surface area contributed by atoms with Crippen LogP contribution in [0.5, 0.6) is 0 Å². The lowest BCUT2D eigenvalue weighted by Gasteiger charge is -2.09. The van der Waals surface area contributed by atoms with E-state index in [1.54, 1.807) is 0 Å². The number of nitrogen functional groups attached to an aromatic ring is 1. The van der Waals surface area contributed by atoms with Gasteiger partial charge in [-0.15, -0.1) is 0 Å². The van der Waals surface area contributed by atoms with Crippen molar-refractivity contribution in [1.29, 1.82) is 5.26 Å². The zero-order valence-electron chi connectivity index (χ0n) is 11.6. The number of halogens is 1. The number of nitriles is 1. The number of nitrogens with zero attached hydrogens (tertiary/aromatic N) is 1. The van der Waals surface area contributed by atoms with E-state index in [-0.39, 0.29) is 0 Å². The van der Waals surface area contributed by atoms with E-state index in [4.69, 9.17) is 17.3 Å². The van der Waals surface area contributed by atoms with Crippen LogP contribution in [0.1, 0.15) is 25.1 Å². The summed E-state index contributed by atoms with van der Waals surface area (Å²) in [5.41, 5.74) is 9.03.